The molecular formula is C10H21NO3S. The lowest BCUT2D eigenvalue weighted by Gasteiger charge is -2.29. The molecule has 5 heteroatoms. The molecule has 0 amide bonds. The summed E-state index contributed by atoms with van der Waals surface area (Å²) >= 11 is 0. The summed E-state index contributed by atoms with van der Waals surface area (Å²) in [6, 6.07) is -0.185. The van der Waals surface area contributed by atoms with Gasteiger partial charge in [-0.25, -0.2) is 8.42 Å². The molecule has 0 unspecified atom stereocenters. The lowest BCUT2D eigenvalue weighted by molar-refractivity contribution is 0.0830. The monoisotopic (exact) mass is 235 g/mol. The molecule has 1 rings (SSSR count). The van der Waals surface area contributed by atoms with E-state index in [0.29, 0.717) is 0 Å². The minimum atomic E-state index is -3.02. The summed E-state index contributed by atoms with van der Waals surface area (Å²) in [6.45, 7) is 5.87. The smallest absolute Gasteiger partial charge is 0.154 e. The van der Waals surface area contributed by atoms with Crippen LogP contribution >= 0.6 is 0 Å². The first kappa shape index (κ1) is 12.9. The van der Waals surface area contributed by atoms with Gasteiger partial charge in [0.2, 0.25) is 0 Å². The highest BCUT2D eigenvalue weighted by molar-refractivity contribution is 7.91. The average molecular weight is 235 g/mol. The van der Waals surface area contributed by atoms with Crippen LogP contribution in [-0.2, 0) is 9.84 Å². The van der Waals surface area contributed by atoms with Crippen LogP contribution in [0.25, 0.3) is 0 Å². The van der Waals surface area contributed by atoms with Gasteiger partial charge in [0.05, 0.1) is 23.7 Å². The molecule has 2 atom stereocenters. The number of hydrogen-bond acceptors (Lipinski definition) is 4. The Labute approximate surface area is 92.2 Å². The van der Waals surface area contributed by atoms with Crippen molar-refractivity contribution in [2.75, 3.05) is 24.6 Å². The predicted molar refractivity (Wildman–Crippen MR) is 60.6 cm³/mol. The van der Waals surface area contributed by atoms with Gasteiger partial charge in [0.25, 0.3) is 0 Å². The first-order valence-corrected chi connectivity index (χ1v) is 7.44. The van der Waals surface area contributed by atoms with Gasteiger partial charge in [-0.3, -0.25) is 4.90 Å². The number of aliphatic hydroxyl groups is 1. The van der Waals surface area contributed by atoms with Crippen molar-refractivity contribution in [1.29, 1.82) is 0 Å². The van der Waals surface area contributed by atoms with Crippen LogP contribution in [0.4, 0.5) is 0 Å². The molecule has 0 aromatic carbocycles. The zero-order chi connectivity index (χ0) is 11.5. The first-order valence-electron chi connectivity index (χ1n) is 5.62. The Bertz CT molecular complexity index is 283. The minimum absolute atomic E-state index is 0.0679. The Morgan fingerprint density at radius 1 is 1.20 bits per heavy atom. The second-order valence-electron chi connectivity index (χ2n) is 4.25. The standard InChI is InChI=1S/C10H21NO3S/c1-3-5-11(6-4-2)9-7-15(13,14)8-10(9)12/h9-10,12H,3-8H2,1-2H3/t9-,10-/m1/s1. The highest BCUT2D eigenvalue weighted by Crippen LogP contribution is 2.19. The van der Waals surface area contributed by atoms with Gasteiger partial charge in [0.1, 0.15) is 0 Å². The molecule has 4 nitrogen and oxygen atoms in total. The zero-order valence-electron chi connectivity index (χ0n) is 9.52. The molecule has 0 aromatic heterocycles. The molecule has 1 N–H and O–H groups in total. The van der Waals surface area contributed by atoms with Crippen molar-refractivity contribution in [3.63, 3.8) is 0 Å². The van der Waals surface area contributed by atoms with Crippen LogP contribution in [0, 0.1) is 0 Å². The largest absolute Gasteiger partial charge is 0.390 e. The van der Waals surface area contributed by atoms with Crippen LogP contribution in [0.2, 0.25) is 0 Å². The van der Waals surface area contributed by atoms with Crippen LogP contribution in [0.1, 0.15) is 26.7 Å². The normalized spacial score (nSPS) is 29.9. The maximum Gasteiger partial charge on any atom is 0.154 e. The van der Waals surface area contributed by atoms with Crippen molar-refractivity contribution in [2.24, 2.45) is 0 Å². The Kier molecular flexibility index (Phi) is 4.55. The van der Waals surface area contributed by atoms with Gasteiger partial charge in [-0.2, -0.15) is 0 Å². The third-order valence-corrected chi connectivity index (χ3v) is 4.48. The maximum absolute atomic E-state index is 11.4. The molecule has 1 aliphatic rings. The van der Waals surface area contributed by atoms with E-state index in [-0.39, 0.29) is 17.5 Å². The van der Waals surface area contributed by atoms with Crippen molar-refractivity contribution in [1.82, 2.24) is 4.90 Å². The second-order valence-corrected chi connectivity index (χ2v) is 6.40. The summed E-state index contributed by atoms with van der Waals surface area (Å²) in [5.74, 6) is 0.0514. The molecule has 90 valence electrons. The van der Waals surface area contributed by atoms with Crippen LogP contribution in [-0.4, -0.2) is 55.2 Å². The topological polar surface area (TPSA) is 57.6 Å². The second kappa shape index (κ2) is 5.27. The summed E-state index contributed by atoms with van der Waals surface area (Å²) in [4.78, 5) is 2.11. The molecule has 0 saturated carbocycles. The number of rotatable bonds is 5. The molecule has 1 saturated heterocycles. The van der Waals surface area contributed by atoms with E-state index >= 15 is 0 Å². The van der Waals surface area contributed by atoms with E-state index in [9.17, 15) is 13.5 Å². The van der Waals surface area contributed by atoms with E-state index in [1.165, 1.54) is 0 Å². The van der Waals surface area contributed by atoms with Crippen molar-refractivity contribution in [3.8, 4) is 0 Å². The number of sulfone groups is 1. The molecule has 0 bridgehead atoms. The molecule has 0 aliphatic carbocycles. The Hall–Kier alpha value is -0.130. The predicted octanol–water partition coefficient (Wildman–Crippen LogP) is 0.266. The molecular weight excluding hydrogens is 214 g/mol. The van der Waals surface area contributed by atoms with E-state index in [1.807, 2.05) is 0 Å². The maximum atomic E-state index is 11.4. The van der Waals surface area contributed by atoms with E-state index in [4.69, 9.17) is 0 Å². The fourth-order valence-corrected chi connectivity index (χ4v) is 4.01. The van der Waals surface area contributed by atoms with E-state index in [0.717, 1.165) is 25.9 Å². The molecule has 1 heterocycles. The molecule has 0 radical (unpaired) electrons. The third-order valence-electron chi connectivity index (χ3n) is 2.78. The van der Waals surface area contributed by atoms with Gasteiger partial charge >= 0.3 is 0 Å². The van der Waals surface area contributed by atoms with Gasteiger partial charge in [0, 0.05) is 0 Å². The van der Waals surface area contributed by atoms with E-state index < -0.39 is 15.9 Å². The number of aliphatic hydroxyl groups excluding tert-OH is 1. The molecule has 1 aliphatic heterocycles. The third kappa shape index (κ3) is 3.43. The van der Waals surface area contributed by atoms with Crippen molar-refractivity contribution < 1.29 is 13.5 Å². The summed E-state index contributed by atoms with van der Waals surface area (Å²) in [5, 5.41) is 9.73. The van der Waals surface area contributed by atoms with Crippen LogP contribution in [0.3, 0.4) is 0 Å². The fraction of sp³-hybridized carbons (Fsp3) is 1.00. The average Bonchev–Trinajstić information content (AvgIpc) is 2.39. The van der Waals surface area contributed by atoms with Crippen molar-refractivity contribution >= 4 is 9.84 Å². The lowest BCUT2D eigenvalue weighted by atomic mass is 10.1. The highest BCUT2D eigenvalue weighted by atomic mass is 32.2. The van der Waals surface area contributed by atoms with Crippen molar-refractivity contribution in [3.05, 3.63) is 0 Å². The van der Waals surface area contributed by atoms with Crippen LogP contribution in [0.15, 0.2) is 0 Å². The Balaban J connectivity index is 2.67. The lowest BCUT2D eigenvalue weighted by Crippen LogP contribution is -2.43. The molecule has 1 fully saturated rings. The quantitative estimate of drug-likeness (QED) is 0.743. The summed E-state index contributed by atoms with van der Waals surface area (Å²) < 4.78 is 22.8. The molecule has 0 spiro atoms. The minimum Gasteiger partial charge on any atom is -0.390 e. The van der Waals surface area contributed by atoms with Crippen LogP contribution < -0.4 is 0 Å². The summed E-state index contributed by atoms with van der Waals surface area (Å²) in [7, 11) is -3.02. The fourth-order valence-electron chi connectivity index (χ4n) is 2.18. The van der Waals surface area contributed by atoms with Crippen molar-refractivity contribution in [2.45, 2.75) is 38.8 Å². The van der Waals surface area contributed by atoms with Gasteiger partial charge in [-0.15, -0.1) is 0 Å². The Morgan fingerprint density at radius 2 is 1.73 bits per heavy atom. The van der Waals surface area contributed by atoms with Gasteiger partial charge < -0.3 is 5.11 Å². The van der Waals surface area contributed by atoms with Gasteiger partial charge in [0.15, 0.2) is 9.84 Å². The van der Waals surface area contributed by atoms with E-state index in [2.05, 4.69) is 18.7 Å². The summed E-state index contributed by atoms with van der Waals surface area (Å²) in [5.41, 5.74) is 0. The van der Waals surface area contributed by atoms with Gasteiger partial charge in [-0.1, -0.05) is 13.8 Å². The van der Waals surface area contributed by atoms with Crippen LogP contribution in [0.5, 0.6) is 0 Å². The zero-order valence-corrected chi connectivity index (χ0v) is 10.3. The van der Waals surface area contributed by atoms with E-state index in [1.54, 1.807) is 0 Å². The summed E-state index contributed by atoms with van der Waals surface area (Å²) in [6.07, 6.45) is 1.28. The molecule has 15 heavy (non-hydrogen) atoms. The molecule has 0 aromatic rings. The highest BCUT2D eigenvalue weighted by Gasteiger charge is 2.39. The Morgan fingerprint density at radius 3 is 2.07 bits per heavy atom. The first-order chi connectivity index (χ1) is 7.00. The SMILES string of the molecule is CCCN(CCC)[C@@H]1CS(=O)(=O)C[C@H]1O. The number of nitrogens with zero attached hydrogens (tertiary/aromatic N) is 1. The van der Waals surface area contributed by atoms with Gasteiger partial charge in [-0.05, 0) is 25.9 Å². The number of hydrogen-bond donors (Lipinski definition) is 1.